The number of esters is 1. The van der Waals surface area contributed by atoms with Crippen molar-refractivity contribution in [2.24, 2.45) is 11.7 Å². The lowest BCUT2D eigenvalue weighted by Gasteiger charge is -2.19. The van der Waals surface area contributed by atoms with Gasteiger partial charge in [-0.25, -0.2) is 0 Å². The number of ether oxygens (including phenoxy) is 1. The molecule has 2 atom stereocenters. The second kappa shape index (κ2) is 7.24. The van der Waals surface area contributed by atoms with E-state index < -0.39 is 5.97 Å². The Labute approximate surface area is 114 Å². The zero-order valence-electron chi connectivity index (χ0n) is 10.8. The van der Waals surface area contributed by atoms with E-state index in [0.29, 0.717) is 5.92 Å². The van der Waals surface area contributed by atoms with E-state index in [1.165, 1.54) is 6.92 Å². The number of carbonyl (C=O) groups is 1. The van der Waals surface area contributed by atoms with Crippen molar-refractivity contribution in [3.63, 3.8) is 0 Å². The molecule has 1 rings (SSSR count). The molecule has 0 aliphatic heterocycles. The Morgan fingerprint density at radius 1 is 1.50 bits per heavy atom. The second-order valence-corrected chi connectivity index (χ2v) is 4.23. The van der Waals surface area contributed by atoms with Crippen molar-refractivity contribution in [2.45, 2.75) is 33.2 Å². The fraction of sp³-hybridized carbons (Fsp3) is 0.462. The predicted molar refractivity (Wildman–Crippen MR) is 73.0 cm³/mol. The zero-order chi connectivity index (χ0) is 13.0. The van der Waals surface area contributed by atoms with E-state index in [1.807, 2.05) is 0 Å². The molecule has 0 aromatic heterocycles. The average Bonchev–Trinajstić information content (AvgIpc) is 2.29. The minimum atomic E-state index is -0.459. The minimum Gasteiger partial charge on any atom is -0.504 e. The van der Waals surface area contributed by atoms with Crippen molar-refractivity contribution in [1.82, 2.24) is 0 Å². The van der Waals surface area contributed by atoms with Gasteiger partial charge in [-0.3, -0.25) is 4.79 Å². The van der Waals surface area contributed by atoms with Crippen molar-refractivity contribution in [2.75, 3.05) is 0 Å². The molecule has 0 saturated heterocycles. The van der Waals surface area contributed by atoms with Gasteiger partial charge in [0.15, 0.2) is 11.5 Å². The molecule has 0 aliphatic rings. The van der Waals surface area contributed by atoms with Crippen molar-refractivity contribution in [3.05, 3.63) is 23.8 Å². The molecule has 0 radical (unpaired) electrons. The zero-order valence-corrected chi connectivity index (χ0v) is 11.7. The van der Waals surface area contributed by atoms with Gasteiger partial charge in [0.1, 0.15) is 0 Å². The van der Waals surface area contributed by atoms with Crippen LogP contribution in [0.15, 0.2) is 18.2 Å². The Morgan fingerprint density at radius 2 is 2.11 bits per heavy atom. The van der Waals surface area contributed by atoms with E-state index in [9.17, 15) is 9.90 Å². The molecule has 0 spiro atoms. The van der Waals surface area contributed by atoms with Gasteiger partial charge in [-0.15, -0.1) is 12.4 Å². The third-order valence-electron chi connectivity index (χ3n) is 2.88. The SMILES string of the molecule is CCC(C)[C@H](N)c1ccc(OC(C)=O)c(O)c1.Cl. The summed E-state index contributed by atoms with van der Waals surface area (Å²) in [7, 11) is 0. The molecule has 4 nitrogen and oxygen atoms in total. The highest BCUT2D eigenvalue weighted by Crippen LogP contribution is 2.31. The summed E-state index contributed by atoms with van der Waals surface area (Å²) in [6.45, 7) is 5.41. The quantitative estimate of drug-likeness (QED) is 0.654. The monoisotopic (exact) mass is 273 g/mol. The second-order valence-electron chi connectivity index (χ2n) is 4.23. The van der Waals surface area contributed by atoms with E-state index in [1.54, 1.807) is 18.2 Å². The van der Waals surface area contributed by atoms with Gasteiger partial charge in [0, 0.05) is 13.0 Å². The molecule has 18 heavy (non-hydrogen) atoms. The molecule has 3 N–H and O–H groups in total. The molecule has 0 bridgehead atoms. The number of hydrogen-bond donors (Lipinski definition) is 2. The number of rotatable bonds is 4. The van der Waals surface area contributed by atoms with Gasteiger partial charge in [-0.1, -0.05) is 26.3 Å². The van der Waals surface area contributed by atoms with Gasteiger partial charge in [-0.05, 0) is 23.6 Å². The molecule has 0 fully saturated rings. The number of hydrogen-bond acceptors (Lipinski definition) is 4. The summed E-state index contributed by atoms with van der Waals surface area (Å²) in [6.07, 6.45) is 0.966. The topological polar surface area (TPSA) is 72.5 Å². The number of halogens is 1. The molecule has 0 amide bonds. The van der Waals surface area contributed by atoms with Crippen LogP contribution in [0.5, 0.6) is 11.5 Å². The van der Waals surface area contributed by atoms with Gasteiger partial charge >= 0.3 is 5.97 Å². The Kier molecular flexibility index (Phi) is 6.73. The first-order valence-electron chi connectivity index (χ1n) is 5.72. The van der Waals surface area contributed by atoms with Crippen LogP contribution in [-0.4, -0.2) is 11.1 Å². The summed E-state index contributed by atoms with van der Waals surface area (Å²) >= 11 is 0. The maximum absolute atomic E-state index is 10.8. The molecule has 0 heterocycles. The van der Waals surface area contributed by atoms with Crippen molar-refractivity contribution >= 4 is 18.4 Å². The van der Waals surface area contributed by atoms with Crippen LogP contribution in [0.25, 0.3) is 0 Å². The summed E-state index contributed by atoms with van der Waals surface area (Å²) < 4.78 is 4.84. The summed E-state index contributed by atoms with van der Waals surface area (Å²) in [5, 5.41) is 9.71. The fourth-order valence-corrected chi connectivity index (χ4v) is 1.57. The molecule has 5 heteroatoms. The molecule has 1 unspecified atom stereocenters. The minimum absolute atomic E-state index is 0. The largest absolute Gasteiger partial charge is 0.504 e. The number of phenols is 1. The van der Waals surface area contributed by atoms with Crippen molar-refractivity contribution in [1.29, 1.82) is 0 Å². The summed E-state index contributed by atoms with van der Waals surface area (Å²) in [5.74, 6) is -0.0256. The van der Waals surface area contributed by atoms with Crippen LogP contribution in [-0.2, 0) is 4.79 Å². The first-order valence-corrected chi connectivity index (χ1v) is 5.72. The van der Waals surface area contributed by atoms with Gasteiger partial charge in [0.2, 0.25) is 0 Å². The Bertz CT molecular complexity index is 409. The summed E-state index contributed by atoms with van der Waals surface area (Å²) in [4.78, 5) is 10.8. The van der Waals surface area contributed by atoms with Crippen LogP contribution in [0.3, 0.4) is 0 Å². The van der Waals surface area contributed by atoms with E-state index in [-0.39, 0.29) is 29.9 Å². The molecule has 1 aromatic rings. The van der Waals surface area contributed by atoms with E-state index >= 15 is 0 Å². The lowest BCUT2D eigenvalue weighted by Crippen LogP contribution is -2.18. The maximum atomic E-state index is 10.8. The van der Waals surface area contributed by atoms with Crippen LogP contribution >= 0.6 is 12.4 Å². The number of phenolic OH excluding ortho intramolecular Hbond substituents is 1. The third kappa shape index (κ3) is 4.20. The summed E-state index contributed by atoms with van der Waals surface area (Å²) in [6, 6.07) is 4.76. The highest BCUT2D eigenvalue weighted by atomic mass is 35.5. The lowest BCUT2D eigenvalue weighted by atomic mass is 9.93. The molecular weight excluding hydrogens is 254 g/mol. The predicted octanol–water partition coefficient (Wildman–Crippen LogP) is 2.79. The van der Waals surface area contributed by atoms with E-state index in [4.69, 9.17) is 10.5 Å². The van der Waals surface area contributed by atoms with Crippen LogP contribution < -0.4 is 10.5 Å². The maximum Gasteiger partial charge on any atom is 0.308 e. The van der Waals surface area contributed by atoms with E-state index in [2.05, 4.69) is 13.8 Å². The van der Waals surface area contributed by atoms with Gasteiger partial charge in [0.05, 0.1) is 0 Å². The normalized spacial score (nSPS) is 13.3. The standard InChI is InChI=1S/C13H19NO3.ClH/c1-4-8(2)13(14)10-5-6-12(11(16)7-10)17-9(3)15;/h5-8,13,16H,4,14H2,1-3H3;1H/t8?,13-;/m0./s1. The highest BCUT2D eigenvalue weighted by molar-refractivity contribution is 5.85. The number of nitrogens with two attached hydrogens (primary N) is 1. The smallest absolute Gasteiger partial charge is 0.308 e. The number of aromatic hydroxyl groups is 1. The van der Waals surface area contributed by atoms with Crippen molar-refractivity contribution < 1.29 is 14.6 Å². The Morgan fingerprint density at radius 3 is 2.56 bits per heavy atom. The first-order chi connectivity index (χ1) is 7.95. The Hall–Kier alpha value is -1.26. The van der Waals surface area contributed by atoms with Crippen LogP contribution in [0.1, 0.15) is 38.8 Å². The molecular formula is C13H20ClNO3. The average molecular weight is 274 g/mol. The third-order valence-corrected chi connectivity index (χ3v) is 2.88. The Balaban J connectivity index is 0.00000289. The van der Waals surface area contributed by atoms with Crippen molar-refractivity contribution in [3.8, 4) is 11.5 Å². The van der Waals surface area contributed by atoms with Crippen LogP contribution in [0.4, 0.5) is 0 Å². The van der Waals surface area contributed by atoms with Crippen LogP contribution in [0, 0.1) is 5.92 Å². The van der Waals surface area contributed by atoms with E-state index in [0.717, 1.165) is 12.0 Å². The first kappa shape index (κ1) is 16.7. The molecule has 0 saturated carbocycles. The molecule has 102 valence electrons. The lowest BCUT2D eigenvalue weighted by molar-refractivity contribution is -0.132. The fourth-order valence-electron chi connectivity index (χ4n) is 1.57. The molecule has 0 aliphatic carbocycles. The molecule has 1 aromatic carbocycles. The number of benzene rings is 1. The van der Waals surface area contributed by atoms with Gasteiger partial charge in [-0.2, -0.15) is 0 Å². The number of carbonyl (C=O) groups excluding carboxylic acids is 1. The van der Waals surface area contributed by atoms with Crippen LogP contribution in [0.2, 0.25) is 0 Å². The van der Waals surface area contributed by atoms with Gasteiger partial charge in [0.25, 0.3) is 0 Å². The summed E-state index contributed by atoms with van der Waals surface area (Å²) in [5.41, 5.74) is 6.89. The highest BCUT2D eigenvalue weighted by Gasteiger charge is 2.15. The van der Waals surface area contributed by atoms with Gasteiger partial charge < -0.3 is 15.6 Å².